The highest BCUT2D eigenvalue weighted by Gasteiger charge is 2.53. The molecule has 0 radical (unpaired) electrons. The lowest BCUT2D eigenvalue weighted by molar-refractivity contribution is -0.199. The summed E-state index contributed by atoms with van der Waals surface area (Å²) in [4.78, 5) is 0. The van der Waals surface area contributed by atoms with Crippen LogP contribution in [-0.2, 0) is 4.74 Å². The second-order valence-electron chi connectivity index (χ2n) is 7.68. The zero-order valence-electron chi connectivity index (χ0n) is 14.2. The van der Waals surface area contributed by atoms with Gasteiger partial charge >= 0.3 is 0 Å². The molecule has 1 saturated heterocycles. The number of ether oxygens (including phenoxy) is 1. The number of fused-ring (bicyclic) bond motifs is 2. The summed E-state index contributed by atoms with van der Waals surface area (Å²) < 4.78 is 6.72. The topological polar surface area (TPSA) is 21.3 Å². The second kappa shape index (κ2) is 5.81. The van der Waals surface area contributed by atoms with Crippen molar-refractivity contribution in [2.45, 2.75) is 84.6 Å². The molecule has 0 aromatic rings. The van der Waals surface area contributed by atoms with E-state index < -0.39 is 0 Å². The van der Waals surface area contributed by atoms with Crippen molar-refractivity contribution in [3.63, 3.8) is 0 Å². The smallest absolute Gasteiger partial charge is 0.0768 e. The summed E-state index contributed by atoms with van der Waals surface area (Å²) in [5.41, 5.74) is 1.16. The number of piperidine rings is 1. The van der Waals surface area contributed by atoms with Gasteiger partial charge in [0.25, 0.3) is 0 Å². The van der Waals surface area contributed by atoms with Crippen molar-refractivity contribution >= 4 is 0 Å². The Kier molecular flexibility index (Phi) is 4.66. The highest BCUT2D eigenvalue weighted by atomic mass is 16.5. The van der Waals surface area contributed by atoms with Crippen molar-refractivity contribution in [1.29, 1.82) is 0 Å². The van der Waals surface area contributed by atoms with Crippen LogP contribution in [0.5, 0.6) is 0 Å². The van der Waals surface area contributed by atoms with E-state index in [1.807, 2.05) is 0 Å². The maximum absolute atomic E-state index is 6.72. The Labute approximate surface area is 125 Å². The first-order valence-corrected chi connectivity index (χ1v) is 8.36. The molecule has 0 amide bonds. The van der Waals surface area contributed by atoms with E-state index in [1.165, 1.54) is 19.3 Å². The molecule has 1 N–H and O–H groups in total. The minimum Gasteiger partial charge on any atom is -0.367 e. The Bertz CT molecular complexity index is 360. The molecule has 1 heterocycles. The minimum atomic E-state index is 0.0191. The fourth-order valence-electron chi connectivity index (χ4n) is 4.75. The van der Waals surface area contributed by atoms with Crippen molar-refractivity contribution < 1.29 is 4.74 Å². The van der Waals surface area contributed by atoms with Gasteiger partial charge in [0.05, 0.1) is 11.7 Å². The maximum Gasteiger partial charge on any atom is 0.0768 e. The van der Waals surface area contributed by atoms with Gasteiger partial charge < -0.3 is 10.1 Å². The first-order chi connectivity index (χ1) is 9.27. The van der Waals surface area contributed by atoms with Gasteiger partial charge in [0.15, 0.2) is 0 Å². The maximum atomic E-state index is 6.72. The average molecular weight is 279 g/mol. The van der Waals surface area contributed by atoms with E-state index in [2.05, 4.69) is 53.4 Å². The van der Waals surface area contributed by atoms with Gasteiger partial charge in [-0.1, -0.05) is 32.9 Å². The third kappa shape index (κ3) is 2.69. The molecule has 2 fully saturated rings. The van der Waals surface area contributed by atoms with Crippen molar-refractivity contribution in [1.82, 2.24) is 5.32 Å². The second-order valence-corrected chi connectivity index (χ2v) is 7.68. The molecule has 1 saturated carbocycles. The fourth-order valence-corrected chi connectivity index (χ4v) is 4.75. The monoisotopic (exact) mass is 279 g/mol. The quantitative estimate of drug-likeness (QED) is 0.780. The molecule has 2 nitrogen and oxygen atoms in total. The van der Waals surface area contributed by atoms with E-state index in [9.17, 15) is 0 Å². The summed E-state index contributed by atoms with van der Waals surface area (Å²) in [7, 11) is 0. The predicted molar refractivity (Wildman–Crippen MR) is 85.8 cm³/mol. The Morgan fingerprint density at radius 1 is 1.20 bits per heavy atom. The Hall–Kier alpha value is -0.340. The molecule has 0 aromatic heterocycles. The number of nitrogens with one attached hydrogen (secondary N) is 1. The molecular formula is C18H33NO. The highest BCUT2D eigenvalue weighted by molar-refractivity contribution is 5.08. The molecule has 2 rings (SSSR count). The third-order valence-corrected chi connectivity index (χ3v) is 5.75. The zero-order chi connectivity index (χ0) is 15.1. The van der Waals surface area contributed by atoms with E-state index >= 15 is 0 Å². The summed E-state index contributed by atoms with van der Waals surface area (Å²) in [5.74, 6) is 1.83. The van der Waals surface area contributed by atoms with Crippen LogP contribution in [0, 0.1) is 17.8 Å². The van der Waals surface area contributed by atoms with Gasteiger partial charge in [-0.2, -0.15) is 0 Å². The van der Waals surface area contributed by atoms with Crippen LogP contribution in [-0.4, -0.2) is 23.8 Å². The largest absolute Gasteiger partial charge is 0.367 e. The zero-order valence-corrected chi connectivity index (χ0v) is 14.2. The van der Waals surface area contributed by atoms with Gasteiger partial charge in [0.1, 0.15) is 0 Å². The van der Waals surface area contributed by atoms with Crippen LogP contribution in [0.4, 0.5) is 0 Å². The lowest BCUT2D eigenvalue weighted by Gasteiger charge is -2.57. The van der Waals surface area contributed by atoms with Crippen LogP contribution in [0.3, 0.4) is 0 Å². The van der Waals surface area contributed by atoms with Crippen molar-refractivity contribution in [2.75, 3.05) is 0 Å². The number of rotatable bonds is 4. The fraction of sp³-hybridized carbons (Fsp3) is 0.889. The van der Waals surface area contributed by atoms with E-state index in [0.29, 0.717) is 29.8 Å². The average Bonchev–Trinajstić information content (AvgIpc) is 2.32. The molecule has 6 unspecified atom stereocenters. The van der Waals surface area contributed by atoms with E-state index in [0.717, 1.165) is 5.57 Å². The molecular weight excluding hydrogens is 246 g/mol. The summed E-state index contributed by atoms with van der Waals surface area (Å²) in [6.45, 7) is 17.7. The van der Waals surface area contributed by atoms with Crippen LogP contribution < -0.4 is 5.32 Å². The molecule has 0 spiro atoms. The lowest BCUT2D eigenvalue weighted by atomic mass is 9.59. The molecule has 2 bridgehead atoms. The van der Waals surface area contributed by atoms with Gasteiger partial charge in [-0.15, -0.1) is 0 Å². The molecule has 20 heavy (non-hydrogen) atoms. The Morgan fingerprint density at radius 2 is 1.85 bits per heavy atom. The SMILES string of the molecule is C=C(C)C(C)OC1(C(C)C)C(C)CC2CC1CC(C)N2. The highest BCUT2D eigenvalue weighted by Crippen LogP contribution is 2.50. The Balaban J connectivity index is 2.30. The van der Waals surface area contributed by atoms with Gasteiger partial charge in [-0.3, -0.25) is 0 Å². The van der Waals surface area contributed by atoms with Crippen molar-refractivity contribution in [3.05, 3.63) is 12.2 Å². The summed E-state index contributed by atoms with van der Waals surface area (Å²) in [5, 5.41) is 3.76. The molecule has 116 valence electrons. The minimum absolute atomic E-state index is 0.0191. The lowest BCUT2D eigenvalue weighted by Crippen LogP contribution is -2.63. The van der Waals surface area contributed by atoms with Gasteiger partial charge in [-0.05, 0) is 57.8 Å². The van der Waals surface area contributed by atoms with E-state index in [4.69, 9.17) is 4.74 Å². The molecule has 2 aliphatic rings. The standard InChI is InChI=1S/C18H33NO/c1-11(2)15(7)20-18(12(3)4)13(5)8-17-10-16(18)9-14(6)19-17/h12-17,19H,1,8-10H2,2-7H3. The summed E-state index contributed by atoms with van der Waals surface area (Å²) in [6.07, 6.45) is 3.90. The molecule has 1 aliphatic carbocycles. The molecule has 1 aliphatic heterocycles. The summed E-state index contributed by atoms with van der Waals surface area (Å²) >= 11 is 0. The van der Waals surface area contributed by atoms with Crippen LogP contribution in [0.1, 0.15) is 60.8 Å². The number of hydrogen-bond donors (Lipinski definition) is 1. The first-order valence-electron chi connectivity index (χ1n) is 8.36. The van der Waals surface area contributed by atoms with E-state index in [1.54, 1.807) is 0 Å². The number of hydrogen-bond acceptors (Lipinski definition) is 2. The normalized spacial score (nSPS) is 42.5. The first kappa shape index (κ1) is 16.0. The Morgan fingerprint density at radius 3 is 2.40 bits per heavy atom. The predicted octanol–water partition coefficient (Wildman–Crippen LogP) is 4.16. The van der Waals surface area contributed by atoms with Gasteiger partial charge in [-0.25, -0.2) is 0 Å². The van der Waals surface area contributed by atoms with Crippen LogP contribution in [0.25, 0.3) is 0 Å². The van der Waals surface area contributed by atoms with Crippen LogP contribution >= 0.6 is 0 Å². The van der Waals surface area contributed by atoms with Gasteiger partial charge in [0.2, 0.25) is 0 Å². The van der Waals surface area contributed by atoms with E-state index in [-0.39, 0.29) is 11.7 Å². The summed E-state index contributed by atoms with van der Waals surface area (Å²) in [6, 6.07) is 1.31. The van der Waals surface area contributed by atoms with Crippen LogP contribution in [0.15, 0.2) is 12.2 Å². The van der Waals surface area contributed by atoms with Crippen molar-refractivity contribution in [2.24, 2.45) is 17.8 Å². The van der Waals surface area contributed by atoms with Crippen molar-refractivity contribution in [3.8, 4) is 0 Å². The third-order valence-electron chi connectivity index (χ3n) is 5.75. The van der Waals surface area contributed by atoms with Crippen LogP contribution in [0.2, 0.25) is 0 Å². The van der Waals surface area contributed by atoms with Gasteiger partial charge in [0, 0.05) is 12.1 Å². The molecule has 6 atom stereocenters. The molecule has 0 aromatic carbocycles. The molecule has 2 heteroatoms.